The van der Waals surface area contributed by atoms with Crippen LogP contribution >= 0.6 is 11.3 Å². The molecular formula is C18H20N4O4S. The molecule has 8 nitrogen and oxygen atoms in total. The first-order chi connectivity index (χ1) is 13.0. The minimum Gasteiger partial charge on any atom is -0.497 e. The van der Waals surface area contributed by atoms with E-state index in [9.17, 15) is 9.59 Å². The molecule has 9 heteroatoms. The van der Waals surface area contributed by atoms with Crippen LogP contribution in [-0.4, -0.2) is 40.4 Å². The van der Waals surface area contributed by atoms with Crippen LogP contribution in [-0.2, 0) is 22.6 Å². The molecule has 0 radical (unpaired) electrons. The van der Waals surface area contributed by atoms with E-state index in [0.717, 1.165) is 15.9 Å². The van der Waals surface area contributed by atoms with E-state index in [1.54, 1.807) is 28.5 Å². The van der Waals surface area contributed by atoms with Gasteiger partial charge >= 0.3 is 5.97 Å². The molecule has 2 aromatic heterocycles. The number of hydrogen-bond donors (Lipinski definition) is 0. The van der Waals surface area contributed by atoms with E-state index < -0.39 is 11.9 Å². The maximum atomic E-state index is 12.7. The Morgan fingerprint density at radius 1 is 1.26 bits per heavy atom. The van der Waals surface area contributed by atoms with Crippen LogP contribution in [0.15, 0.2) is 29.3 Å². The first-order valence-corrected chi connectivity index (χ1v) is 9.16. The summed E-state index contributed by atoms with van der Waals surface area (Å²) < 4.78 is 14.2. The number of aryl methyl sites for hydroxylation is 2. The number of rotatable bonds is 5. The normalized spacial score (nSPS) is 11.8. The Bertz CT molecular complexity index is 1080. The highest BCUT2D eigenvalue weighted by Gasteiger charge is 2.16. The molecule has 0 fully saturated rings. The standard InChI is InChI=1S/C18H20N4O4S/c1-5-22-14(8-11(2)20-22)17(24)19-18-21(10-16(23)26-4)13-7-6-12(25-3)9-15(13)27-18/h6-9H,5,10H2,1-4H3. The van der Waals surface area contributed by atoms with Crippen LogP contribution in [0.5, 0.6) is 5.75 Å². The Hall–Kier alpha value is -2.94. The van der Waals surface area contributed by atoms with Crippen LogP contribution in [0.4, 0.5) is 0 Å². The summed E-state index contributed by atoms with van der Waals surface area (Å²) >= 11 is 1.31. The van der Waals surface area contributed by atoms with Crippen molar-refractivity contribution >= 4 is 33.4 Å². The third-order valence-corrected chi connectivity index (χ3v) is 5.06. The average molecular weight is 388 g/mol. The van der Waals surface area contributed by atoms with E-state index in [2.05, 4.69) is 10.1 Å². The van der Waals surface area contributed by atoms with Crippen LogP contribution in [0, 0.1) is 6.92 Å². The lowest BCUT2D eigenvalue weighted by Crippen LogP contribution is -2.23. The smallest absolute Gasteiger partial charge is 0.325 e. The summed E-state index contributed by atoms with van der Waals surface area (Å²) in [5, 5.41) is 4.28. The highest BCUT2D eigenvalue weighted by molar-refractivity contribution is 7.16. The summed E-state index contributed by atoms with van der Waals surface area (Å²) in [5.41, 5.74) is 1.94. The molecule has 0 saturated carbocycles. The van der Waals surface area contributed by atoms with Gasteiger partial charge in [-0.1, -0.05) is 11.3 Å². The molecule has 3 rings (SSSR count). The predicted molar refractivity (Wildman–Crippen MR) is 101 cm³/mol. The number of fused-ring (bicyclic) bond motifs is 1. The molecule has 1 aromatic carbocycles. The topological polar surface area (TPSA) is 87.7 Å². The average Bonchev–Trinajstić information content (AvgIpc) is 3.21. The molecule has 0 spiro atoms. The van der Waals surface area contributed by atoms with Gasteiger partial charge in [-0.3, -0.25) is 14.3 Å². The lowest BCUT2D eigenvalue weighted by atomic mass is 10.3. The number of carbonyl (C=O) groups is 2. The van der Waals surface area contributed by atoms with Crippen molar-refractivity contribution in [2.24, 2.45) is 4.99 Å². The zero-order valence-electron chi connectivity index (χ0n) is 15.6. The number of ether oxygens (including phenoxy) is 2. The van der Waals surface area contributed by atoms with Crippen LogP contribution in [0.25, 0.3) is 10.2 Å². The number of aromatic nitrogens is 3. The summed E-state index contributed by atoms with van der Waals surface area (Å²) in [4.78, 5) is 29.3. The molecular weight excluding hydrogens is 368 g/mol. The Balaban J connectivity index is 2.15. The van der Waals surface area contributed by atoms with Gasteiger partial charge in [-0.05, 0) is 38.1 Å². The molecule has 0 N–H and O–H groups in total. The van der Waals surface area contributed by atoms with Crippen molar-refractivity contribution in [2.75, 3.05) is 14.2 Å². The van der Waals surface area contributed by atoms with Gasteiger partial charge in [0.05, 0.1) is 30.1 Å². The molecule has 0 aliphatic heterocycles. The fourth-order valence-electron chi connectivity index (χ4n) is 2.72. The summed E-state index contributed by atoms with van der Waals surface area (Å²) in [6.07, 6.45) is 0. The fourth-order valence-corrected chi connectivity index (χ4v) is 3.77. The SMILES string of the molecule is CCn1nc(C)cc1C(=O)N=c1sc2cc(OC)ccc2n1CC(=O)OC. The van der Waals surface area contributed by atoms with E-state index in [-0.39, 0.29) is 6.54 Å². The zero-order chi connectivity index (χ0) is 19.6. The number of hydrogen-bond acceptors (Lipinski definition) is 6. The molecule has 2 heterocycles. The molecule has 1 amide bonds. The fraction of sp³-hybridized carbons (Fsp3) is 0.333. The molecule has 27 heavy (non-hydrogen) atoms. The van der Waals surface area contributed by atoms with Gasteiger partial charge < -0.3 is 14.0 Å². The number of esters is 1. The summed E-state index contributed by atoms with van der Waals surface area (Å²) in [7, 11) is 2.91. The summed E-state index contributed by atoms with van der Waals surface area (Å²) in [6, 6.07) is 7.18. The zero-order valence-corrected chi connectivity index (χ0v) is 16.4. The van der Waals surface area contributed by atoms with Crippen molar-refractivity contribution in [3.8, 4) is 5.75 Å². The Kier molecular flexibility index (Phi) is 5.41. The van der Waals surface area contributed by atoms with Gasteiger partial charge in [-0.25, -0.2) is 0 Å². The van der Waals surface area contributed by atoms with Crippen molar-refractivity contribution < 1.29 is 19.1 Å². The number of nitrogens with zero attached hydrogens (tertiary/aromatic N) is 4. The third kappa shape index (κ3) is 3.77. The summed E-state index contributed by atoms with van der Waals surface area (Å²) in [6.45, 7) is 4.26. The lowest BCUT2D eigenvalue weighted by molar-refractivity contribution is -0.141. The quantitative estimate of drug-likeness (QED) is 0.625. The van der Waals surface area contributed by atoms with Gasteiger partial charge in [0, 0.05) is 6.54 Å². The number of carbonyl (C=O) groups excluding carboxylic acids is 2. The molecule has 0 aliphatic rings. The predicted octanol–water partition coefficient (Wildman–Crippen LogP) is 2.15. The first kappa shape index (κ1) is 18.8. The molecule has 0 aliphatic carbocycles. The first-order valence-electron chi connectivity index (χ1n) is 8.34. The van der Waals surface area contributed by atoms with Crippen molar-refractivity contribution in [1.29, 1.82) is 0 Å². The minimum atomic E-state index is -0.422. The molecule has 0 atom stereocenters. The number of methoxy groups -OCH3 is 2. The van der Waals surface area contributed by atoms with E-state index in [1.807, 2.05) is 26.0 Å². The molecule has 0 unspecified atom stereocenters. The maximum absolute atomic E-state index is 12.7. The monoisotopic (exact) mass is 388 g/mol. The number of thiazole rings is 1. The number of amides is 1. The van der Waals surface area contributed by atoms with Gasteiger partial charge in [-0.15, -0.1) is 0 Å². The van der Waals surface area contributed by atoms with Crippen LogP contribution in [0.2, 0.25) is 0 Å². The van der Waals surface area contributed by atoms with E-state index >= 15 is 0 Å². The molecule has 142 valence electrons. The second kappa shape index (κ2) is 7.75. The second-order valence-corrected chi connectivity index (χ2v) is 6.79. The van der Waals surface area contributed by atoms with Gasteiger partial charge in [0.15, 0.2) is 4.80 Å². The van der Waals surface area contributed by atoms with Crippen molar-refractivity contribution in [1.82, 2.24) is 14.3 Å². The van der Waals surface area contributed by atoms with Crippen molar-refractivity contribution in [2.45, 2.75) is 26.9 Å². The van der Waals surface area contributed by atoms with E-state index in [4.69, 9.17) is 9.47 Å². The Morgan fingerprint density at radius 3 is 2.70 bits per heavy atom. The third-order valence-electron chi connectivity index (χ3n) is 4.02. The Labute approximate surface area is 159 Å². The second-order valence-electron chi connectivity index (χ2n) is 5.78. The highest BCUT2D eigenvalue weighted by Crippen LogP contribution is 2.23. The van der Waals surface area contributed by atoms with Crippen LogP contribution in [0.1, 0.15) is 23.1 Å². The Morgan fingerprint density at radius 2 is 2.04 bits per heavy atom. The van der Waals surface area contributed by atoms with Gasteiger partial charge in [0.1, 0.15) is 18.0 Å². The largest absolute Gasteiger partial charge is 0.497 e. The maximum Gasteiger partial charge on any atom is 0.325 e. The molecule has 0 bridgehead atoms. The van der Waals surface area contributed by atoms with Gasteiger partial charge in [-0.2, -0.15) is 10.1 Å². The van der Waals surface area contributed by atoms with Gasteiger partial charge in [0.25, 0.3) is 5.91 Å². The van der Waals surface area contributed by atoms with E-state index in [1.165, 1.54) is 18.4 Å². The number of benzene rings is 1. The van der Waals surface area contributed by atoms with Crippen LogP contribution in [0.3, 0.4) is 0 Å². The van der Waals surface area contributed by atoms with Crippen molar-refractivity contribution in [3.05, 3.63) is 40.5 Å². The molecule has 3 aromatic rings. The minimum absolute atomic E-state index is 0.0407. The molecule has 0 saturated heterocycles. The van der Waals surface area contributed by atoms with Crippen molar-refractivity contribution in [3.63, 3.8) is 0 Å². The van der Waals surface area contributed by atoms with Gasteiger partial charge in [0.2, 0.25) is 0 Å². The highest BCUT2D eigenvalue weighted by atomic mass is 32.1. The van der Waals surface area contributed by atoms with E-state index in [0.29, 0.717) is 22.8 Å². The summed E-state index contributed by atoms with van der Waals surface area (Å²) in [5.74, 6) is -0.144. The lowest BCUT2D eigenvalue weighted by Gasteiger charge is -2.04. The van der Waals surface area contributed by atoms with Crippen LogP contribution < -0.4 is 9.54 Å².